The van der Waals surface area contributed by atoms with E-state index in [-0.39, 0.29) is 6.03 Å². The minimum Gasteiger partial charge on any atom is -0.338 e. The standard InChI is InChI=1S/C20H20N4O/c1-15-7-5-6-10-18(15)24-20(25)21-12-11-16-13-22-19(23-14-16)17-8-3-2-4-9-17/h2-10,13-14H,11-12H2,1H3,(H2,21,24,25). The van der Waals surface area contributed by atoms with Crippen molar-refractivity contribution in [3.8, 4) is 11.4 Å². The lowest BCUT2D eigenvalue weighted by Gasteiger charge is -2.09. The van der Waals surface area contributed by atoms with Crippen LogP contribution in [0, 0.1) is 6.92 Å². The van der Waals surface area contributed by atoms with Crippen LogP contribution in [0.15, 0.2) is 67.0 Å². The Morgan fingerprint density at radius 1 is 0.960 bits per heavy atom. The van der Waals surface area contributed by atoms with E-state index in [2.05, 4.69) is 20.6 Å². The summed E-state index contributed by atoms with van der Waals surface area (Å²) >= 11 is 0. The van der Waals surface area contributed by atoms with Gasteiger partial charge in [-0.15, -0.1) is 0 Å². The van der Waals surface area contributed by atoms with Crippen molar-refractivity contribution in [1.82, 2.24) is 15.3 Å². The summed E-state index contributed by atoms with van der Waals surface area (Å²) in [5.74, 6) is 0.703. The number of urea groups is 1. The first-order valence-electron chi connectivity index (χ1n) is 8.19. The molecule has 0 bridgehead atoms. The minimum absolute atomic E-state index is 0.212. The maximum atomic E-state index is 11.9. The number of benzene rings is 2. The van der Waals surface area contributed by atoms with Gasteiger partial charge in [0.2, 0.25) is 0 Å². The Balaban J connectivity index is 1.49. The fourth-order valence-electron chi connectivity index (χ4n) is 2.42. The molecule has 0 aliphatic rings. The molecule has 0 aliphatic heterocycles. The number of amides is 2. The van der Waals surface area contributed by atoms with E-state index in [1.165, 1.54) is 0 Å². The first-order valence-corrected chi connectivity index (χ1v) is 8.19. The molecule has 3 aromatic rings. The fourth-order valence-corrected chi connectivity index (χ4v) is 2.42. The number of hydrogen-bond donors (Lipinski definition) is 2. The number of rotatable bonds is 5. The summed E-state index contributed by atoms with van der Waals surface area (Å²) in [6.07, 6.45) is 4.28. The molecular weight excluding hydrogens is 312 g/mol. The van der Waals surface area contributed by atoms with Gasteiger partial charge in [-0.2, -0.15) is 0 Å². The molecule has 1 heterocycles. The third-order valence-corrected chi connectivity index (χ3v) is 3.83. The van der Waals surface area contributed by atoms with Crippen LogP contribution < -0.4 is 10.6 Å². The van der Waals surface area contributed by atoms with Crippen LogP contribution in [-0.2, 0) is 6.42 Å². The molecule has 3 rings (SSSR count). The second-order valence-corrected chi connectivity index (χ2v) is 5.73. The Bertz CT molecular complexity index is 832. The summed E-state index contributed by atoms with van der Waals surface area (Å²) in [7, 11) is 0. The Morgan fingerprint density at radius 3 is 2.36 bits per heavy atom. The van der Waals surface area contributed by atoms with Crippen LogP contribution in [0.2, 0.25) is 0 Å². The molecule has 0 unspecified atom stereocenters. The van der Waals surface area contributed by atoms with Gasteiger partial charge in [0.15, 0.2) is 5.82 Å². The number of nitrogens with one attached hydrogen (secondary N) is 2. The molecule has 0 spiro atoms. The number of nitrogens with zero attached hydrogens (tertiary/aromatic N) is 2. The summed E-state index contributed by atoms with van der Waals surface area (Å²) in [4.78, 5) is 20.7. The maximum Gasteiger partial charge on any atom is 0.319 e. The molecule has 0 saturated carbocycles. The fraction of sp³-hybridized carbons (Fsp3) is 0.150. The number of aromatic nitrogens is 2. The molecular formula is C20H20N4O. The van der Waals surface area contributed by atoms with Gasteiger partial charge in [-0.3, -0.25) is 0 Å². The lowest BCUT2D eigenvalue weighted by molar-refractivity contribution is 0.252. The molecule has 5 heteroatoms. The van der Waals surface area contributed by atoms with Crippen LogP contribution in [0.3, 0.4) is 0 Å². The molecule has 126 valence electrons. The van der Waals surface area contributed by atoms with Gasteiger partial charge in [-0.25, -0.2) is 14.8 Å². The number of para-hydroxylation sites is 1. The van der Waals surface area contributed by atoms with E-state index in [1.54, 1.807) is 12.4 Å². The maximum absolute atomic E-state index is 11.9. The van der Waals surface area contributed by atoms with Gasteiger partial charge in [0.05, 0.1) is 0 Å². The number of aryl methyl sites for hydroxylation is 1. The van der Waals surface area contributed by atoms with E-state index >= 15 is 0 Å². The van der Waals surface area contributed by atoms with Crippen LogP contribution in [0.4, 0.5) is 10.5 Å². The van der Waals surface area contributed by atoms with Gasteiger partial charge in [0, 0.05) is 30.2 Å². The van der Waals surface area contributed by atoms with Crippen molar-refractivity contribution in [2.75, 3.05) is 11.9 Å². The van der Waals surface area contributed by atoms with Gasteiger partial charge >= 0.3 is 6.03 Å². The molecule has 2 N–H and O–H groups in total. The van der Waals surface area contributed by atoms with Gasteiger partial charge in [0.1, 0.15) is 0 Å². The smallest absolute Gasteiger partial charge is 0.319 e. The summed E-state index contributed by atoms with van der Waals surface area (Å²) in [5.41, 5.74) is 3.82. The third kappa shape index (κ3) is 4.64. The Kier molecular flexibility index (Phi) is 5.36. The third-order valence-electron chi connectivity index (χ3n) is 3.83. The first-order chi connectivity index (χ1) is 12.2. The second kappa shape index (κ2) is 8.06. The monoisotopic (exact) mass is 332 g/mol. The van der Waals surface area contributed by atoms with Crippen LogP contribution in [0.5, 0.6) is 0 Å². The van der Waals surface area contributed by atoms with Gasteiger partial charge in [0.25, 0.3) is 0 Å². The van der Waals surface area contributed by atoms with Crippen molar-refractivity contribution in [3.63, 3.8) is 0 Å². The first kappa shape index (κ1) is 16.6. The zero-order chi connectivity index (χ0) is 17.5. The quantitative estimate of drug-likeness (QED) is 0.746. The van der Waals surface area contributed by atoms with Crippen molar-refractivity contribution in [2.45, 2.75) is 13.3 Å². The molecule has 2 amide bonds. The number of hydrogen-bond acceptors (Lipinski definition) is 3. The van der Waals surface area contributed by atoms with Crippen LogP contribution in [0.25, 0.3) is 11.4 Å². The largest absolute Gasteiger partial charge is 0.338 e. The Labute approximate surface area is 147 Å². The SMILES string of the molecule is Cc1ccccc1NC(=O)NCCc1cnc(-c2ccccc2)nc1. The topological polar surface area (TPSA) is 66.9 Å². The molecule has 5 nitrogen and oxygen atoms in total. The molecule has 0 fully saturated rings. The second-order valence-electron chi connectivity index (χ2n) is 5.73. The molecule has 0 atom stereocenters. The molecule has 0 radical (unpaired) electrons. The summed E-state index contributed by atoms with van der Waals surface area (Å²) in [5, 5.41) is 5.69. The van der Waals surface area contributed by atoms with Crippen molar-refractivity contribution in [2.24, 2.45) is 0 Å². The van der Waals surface area contributed by atoms with E-state index in [9.17, 15) is 4.79 Å². The highest BCUT2D eigenvalue weighted by Gasteiger charge is 2.04. The highest BCUT2D eigenvalue weighted by molar-refractivity contribution is 5.89. The van der Waals surface area contributed by atoms with Gasteiger partial charge in [-0.1, -0.05) is 48.5 Å². The van der Waals surface area contributed by atoms with Gasteiger partial charge < -0.3 is 10.6 Å². The van der Waals surface area contributed by atoms with E-state index in [4.69, 9.17) is 0 Å². The van der Waals surface area contributed by atoms with Crippen molar-refractivity contribution in [3.05, 3.63) is 78.1 Å². The zero-order valence-electron chi connectivity index (χ0n) is 14.1. The highest BCUT2D eigenvalue weighted by Crippen LogP contribution is 2.14. The summed E-state index contributed by atoms with van der Waals surface area (Å²) in [6, 6.07) is 17.3. The molecule has 1 aromatic heterocycles. The molecule has 25 heavy (non-hydrogen) atoms. The summed E-state index contributed by atoms with van der Waals surface area (Å²) in [6.45, 7) is 2.48. The van der Waals surface area contributed by atoms with E-state index < -0.39 is 0 Å². The summed E-state index contributed by atoms with van der Waals surface area (Å²) < 4.78 is 0. The number of carbonyl (C=O) groups excluding carboxylic acids is 1. The number of carbonyl (C=O) groups is 1. The minimum atomic E-state index is -0.212. The number of anilines is 1. The van der Waals surface area contributed by atoms with Crippen molar-refractivity contribution >= 4 is 11.7 Å². The van der Waals surface area contributed by atoms with Crippen LogP contribution in [-0.4, -0.2) is 22.5 Å². The van der Waals surface area contributed by atoms with Crippen LogP contribution in [0.1, 0.15) is 11.1 Å². The van der Waals surface area contributed by atoms with Crippen LogP contribution >= 0.6 is 0 Å². The van der Waals surface area contributed by atoms with E-state index in [0.717, 1.165) is 22.4 Å². The Hall–Kier alpha value is -3.21. The molecule has 2 aromatic carbocycles. The molecule has 0 aliphatic carbocycles. The van der Waals surface area contributed by atoms with E-state index in [1.807, 2.05) is 61.5 Å². The lowest BCUT2D eigenvalue weighted by Crippen LogP contribution is -2.30. The lowest BCUT2D eigenvalue weighted by atomic mass is 10.2. The average Bonchev–Trinajstić information content (AvgIpc) is 2.65. The predicted molar refractivity (Wildman–Crippen MR) is 99.4 cm³/mol. The van der Waals surface area contributed by atoms with Crippen molar-refractivity contribution in [1.29, 1.82) is 0 Å². The normalized spacial score (nSPS) is 10.3. The van der Waals surface area contributed by atoms with Crippen molar-refractivity contribution < 1.29 is 4.79 Å². The van der Waals surface area contributed by atoms with Gasteiger partial charge in [-0.05, 0) is 30.5 Å². The van der Waals surface area contributed by atoms with E-state index in [0.29, 0.717) is 18.8 Å². The molecule has 0 saturated heterocycles. The predicted octanol–water partition coefficient (Wildman–Crippen LogP) is 3.82. The average molecular weight is 332 g/mol. The highest BCUT2D eigenvalue weighted by atomic mass is 16.2. The zero-order valence-corrected chi connectivity index (χ0v) is 14.1. The Morgan fingerprint density at radius 2 is 1.64 bits per heavy atom.